The minimum absolute atomic E-state index is 0.0317. The molecule has 1 unspecified atom stereocenters. The van der Waals surface area contributed by atoms with Gasteiger partial charge in [0.25, 0.3) is 7.52 Å². The third-order valence-electron chi connectivity index (χ3n) is 3.31. The van der Waals surface area contributed by atoms with Gasteiger partial charge in [-0.2, -0.15) is 0 Å². The molecule has 0 aromatic carbocycles. The highest BCUT2D eigenvalue weighted by Gasteiger charge is 2.42. The average Bonchev–Trinajstić information content (AvgIpc) is 2.28. The molecule has 0 aliphatic heterocycles. The Bertz CT molecular complexity index is 315. The van der Waals surface area contributed by atoms with Crippen LogP contribution in [0.2, 0.25) is 0 Å². The van der Waals surface area contributed by atoms with Crippen molar-refractivity contribution in [2.45, 2.75) is 79.3 Å². The predicted octanol–water partition coefficient (Wildman–Crippen LogP) is 5.55. The number of hydrogen-bond acceptors (Lipinski definition) is 2. The number of hydrogen-bond donors (Lipinski definition) is 0. The van der Waals surface area contributed by atoms with Gasteiger partial charge in [-0.1, -0.05) is 47.0 Å². The van der Waals surface area contributed by atoms with Crippen LogP contribution in [0.5, 0.6) is 0 Å². The maximum atomic E-state index is 13.3. The molecule has 4 heteroatoms. The van der Waals surface area contributed by atoms with E-state index in [-0.39, 0.29) is 10.6 Å². The Morgan fingerprint density at radius 2 is 1.55 bits per heavy atom. The predicted molar refractivity (Wildman–Crippen MR) is 89.5 cm³/mol. The third kappa shape index (κ3) is 6.74. The second-order valence-corrected chi connectivity index (χ2v) is 11.3. The van der Waals surface area contributed by atoms with E-state index in [1.807, 2.05) is 32.5 Å². The molecule has 0 fully saturated rings. The lowest BCUT2D eigenvalue weighted by molar-refractivity contribution is 0.173. The summed E-state index contributed by atoms with van der Waals surface area (Å²) in [4.78, 5) is 0. The fraction of sp³-hybridized carbons (Fsp3) is 1.00. The second kappa shape index (κ2) is 7.96. The molecule has 0 saturated heterocycles. The molecule has 0 radical (unpaired) electrons. The van der Waals surface area contributed by atoms with Gasteiger partial charge in [-0.3, -0.25) is 4.57 Å². The smallest absolute Gasteiger partial charge is 0.277 e. The highest BCUT2D eigenvalue weighted by atomic mass is 31.2. The molecule has 1 atom stereocenters. The minimum atomic E-state index is -2.81. The summed E-state index contributed by atoms with van der Waals surface area (Å²) in [6, 6.07) is 0. The average molecular weight is 305 g/mol. The Labute approximate surface area is 127 Å². The molecule has 0 aromatic rings. The van der Waals surface area contributed by atoms with Crippen LogP contribution in [0, 0.1) is 5.41 Å². The SMILES string of the molecule is CCCCCCN(C)P(=O)(OCC(C)(C)C)C(C)(C)C. The molecule has 3 nitrogen and oxygen atoms in total. The summed E-state index contributed by atoms with van der Waals surface area (Å²) in [5.41, 5.74) is 0.0317. The van der Waals surface area contributed by atoms with Crippen molar-refractivity contribution >= 4 is 7.52 Å². The molecule has 122 valence electrons. The van der Waals surface area contributed by atoms with Crippen molar-refractivity contribution in [1.82, 2.24) is 4.67 Å². The van der Waals surface area contributed by atoms with Crippen LogP contribution < -0.4 is 0 Å². The van der Waals surface area contributed by atoms with E-state index in [4.69, 9.17) is 4.52 Å². The maximum Gasteiger partial charge on any atom is 0.277 e. The van der Waals surface area contributed by atoms with Crippen molar-refractivity contribution in [2.75, 3.05) is 20.2 Å². The summed E-state index contributed by atoms with van der Waals surface area (Å²) < 4.78 is 21.3. The van der Waals surface area contributed by atoms with E-state index in [0.717, 1.165) is 13.0 Å². The molecule has 0 aliphatic rings. The van der Waals surface area contributed by atoms with Gasteiger partial charge >= 0.3 is 0 Å². The van der Waals surface area contributed by atoms with E-state index in [1.54, 1.807) is 0 Å². The second-order valence-electron chi connectivity index (χ2n) is 7.97. The summed E-state index contributed by atoms with van der Waals surface area (Å²) in [6.45, 7) is 16.0. The van der Waals surface area contributed by atoms with Crippen molar-refractivity contribution in [3.63, 3.8) is 0 Å². The minimum Gasteiger partial charge on any atom is -0.316 e. The molecule has 0 N–H and O–H groups in total. The van der Waals surface area contributed by atoms with Crippen LogP contribution in [0.4, 0.5) is 0 Å². The van der Waals surface area contributed by atoms with Crippen molar-refractivity contribution in [2.24, 2.45) is 5.41 Å². The number of unbranched alkanes of at least 4 members (excludes halogenated alkanes) is 3. The van der Waals surface area contributed by atoms with Crippen molar-refractivity contribution in [3.05, 3.63) is 0 Å². The number of nitrogens with zero attached hydrogens (tertiary/aromatic N) is 1. The molecular weight excluding hydrogens is 269 g/mol. The van der Waals surface area contributed by atoms with Gasteiger partial charge in [0.15, 0.2) is 0 Å². The first-order valence-corrected chi connectivity index (χ1v) is 9.48. The summed E-state index contributed by atoms with van der Waals surface area (Å²) >= 11 is 0. The fourth-order valence-corrected chi connectivity index (χ4v) is 4.56. The van der Waals surface area contributed by atoms with Crippen LogP contribution >= 0.6 is 7.52 Å². The van der Waals surface area contributed by atoms with Crippen LogP contribution in [-0.4, -0.2) is 30.0 Å². The Morgan fingerprint density at radius 1 is 1.00 bits per heavy atom. The Kier molecular flexibility index (Phi) is 8.02. The zero-order chi connectivity index (χ0) is 16.0. The van der Waals surface area contributed by atoms with Crippen molar-refractivity contribution < 1.29 is 9.09 Å². The Balaban J connectivity index is 4.74. The van der Waals surface area contributed by atoms with Crippen LogP contribution in [0.3, 0.4) is 0 Å². The lowest BCUT2D eigenvalue weighted by Gasteiger charge is -2.38. The Hall–Kier alpha value is 0.150. The monoisotopic (exact) mass is 305 g/mol. The van der Waals surface area contributed by atoms with Crippen LogP contribution in [-0.2, 0) is 9.09 Å². The number of rotatable bonds is 8. The molecule has 0 bridgehead atoms. The molecule has 0 rings (SSSR count). The fourth-order valence-electron chi connectivity index (χ4n) is 1.98. The van der Waals surface area contributed by atoms with E-state index in [2.05, 4.69) is 27.7 Å². The quantitative estimate of drug-likeness (QED) is 0.435. The Morgan fingerprint density at radius 3 is 1.95 bits per heavy atom. The van der Waals surface area contributed by atoms with Gasteiger partial charge in [0.1, 0.15) is 0 Å². The molecule has 0 aliphatic carbocycles. The highest BCUT2D eigenvalue weighted by molar-refractivity contribution is 7.58. The van der Waals surface area contributed by atoms with Crippen LogP contribution in [0.15, 0.2) is 0 Å². The van der Waals surface area contributed by atoms with Crippen molar-refractivity contribution in [1.29, 1.82) is 0 Å². The van der Waals surface area contributed by atoms with Gasteiger partial charge in [-0.05, 0) is 39.7 Å². The molecule has 0 amide bonds. The van der Waals surface area contributed by atoms with E-state index in [0.29, 0.717) is 6.61 Å². The van der Waals surface area contributed by atoms with Gasteiger partial charge in [-0.15, -0.1) is 0 Å². The molecule has 0 saturated carbocycles. The summed E-state index contributed by atoms with van der Waals surface area (Å²) in [5.74, 6) is 0. The molecule has 20 heavy (non-hydrogen) atoms. The van der Waals surface area contributed by atoms with Crippen LogP contribution in [0.1, 0.15) is 74.1 Å². The van der Waals surface area contributed by atoms with E-state index >= 15 is 0 Å². The summed E-state index contributed by atoms with van der Waals surface area (Å²) in [7, 11) is -0.861. The summed E-state index contributed by atoms with van der Waals surface area (Å²) in [6.07, 6.45) is 4.76. The normalized spacial score (nSPS) is 16.4. The summed E-state index contributed by atoms with van der Waals surface area (Å²) in [5, 5.41) is -0.349. The van der Waals surface area contributed by atoms with Crippen molar-refractivity contribution in [3.8, 4) is 0 Å². The van der Waals surface area contributed by atoms with Gasteiger partial charge in [0.2, 0.25) is 0 Å². The lowest BCUT2D eigenvalue weighted by atomic mass is 9.99. The standard InChI is InChI=1S/C16H36NO2P/c1-9-10-11-12-13-17(8)20(18,16(5,6)7)19-14-15(2,3)4/h9-14H2,1-8H3. The molecule has 0 aromatic heterocycles. The van der Waals surface area contributed by atoms with Gasteiger partial charge in [0, 0.05) is 6.54 Å². The maximum absolute atomic E-state index is 13.3. The van der Waals surface area contributed by atoms with Gasteiger partial charge < -0.3 is 4.52 Å². The van der Waals surface area contributed by atoms with Gasteiger partial charge in [0.05, 0.1) is 11.8 Å². The first-order valence-electron chi connectivity index (χ1n) is 7.90. The van der Waals surface area contributed by atoms with E-state index < -0.39 is 7.52 Å². The molecule has 0 heterocycles. The van der Waals surface area contributed by atoms with Crippen LogP contribution in [0.25, 0.3) is 0 Å². The third-order valence-corrected chi connectivity index (χ3v) is 6.58. The van der Waals surface area contributed by atoms with E-state index in [9.17, 15) is 4.57 Å². The molecular formula is C16H36NO2P. The lowest BCUT2D eigenvalue weighted by Crippen LogP contribution is -2.31. The largest absolute Gasteiger partial charge is 0.316 e. The van der Waals surface area contributed by atoms with E-state index in [1.165, 1.54) is 19.3 Å². The first-order chi connectivity index (χ1) is 8.94. The highest BCUT2D eigenvalue weighted by Crippen LogP contribution is 2.61. The molecule has 0 spiro atoms. The zero-order valence-corrected chi connectivity index (χ0v) is 15.8. The zero-order valence-electron chi connectivity index (χ0n) is 15.0. The first kappa shape index (κ1) is 20.1. The van der Waals surface area contributed by atoms with Gasteiger partial charge in [-0.25, -0.2) is 4.67 Å². The topological polar surface area (TPSA) is 29.5 Å².